The van der Waals surface area contributed by atoms with Gasteiger partial charge in [0, 0.05) is 44.3 Å². The fourth-order valence-electron chi connectivity index (χ4n) is 3.00. The summed E-state index contributed by atoms with van der Waals surface area (Å²) in [5, 5.41) is 7.53. The molecule has 0 amide bonds. The quantitative estimate of drug-likeness (QED) is 0.443. The van der Waals surface area contributed by atoms with E-state index in [-0.39, 0.29) is 5.82 Å². The molecule has 1 aromatic heterocycles. The summed E-state index contributed by atoms with van der Waals surface area (Å²) in [7, 11) is 3.44. The highest BCUT2D eigenvalue weighted by molar-refractivity contribution is 5.83. The Hall–Kier alpha value is -2.86. The average molecular weight is 368 g/mol. The molecule has 3 aromatic rings. The molecule has 0 atom stereocenters. The van der Waals surface area contributed by atoms with E-state index < -0.39 is 0 Å². The Kier molecular flexibility index (Phi) is 6.44. The maximum Gasteiger partial charge on any atom is 0.191 e. The second-order valence-electron chi connectivity index (χ2n) is 6.36. The number of hydrogen-bond acceptors (Lipinski definition) is 2. The van der Waals surface area contributed by atoms with E-state index in [1.54, 1.807) is 26.3 Å². The van der Waals surface area contributed by atoms with Crippen LogP contribution in [0.4, 0.5) is 4.39 Å². The summed E-state index contributed by atoms with van der Waals surface area (Å²) < 4.78 is 18.6. The van der Waals surface area contributed by atoms with Crippen molar-refractivity contribution in [2.75, 3.05) is 20.7 Å². The molecular weight excluding hydrogens is 343 g/mol. The fraction of sp³-hybridized carbons (Fsp3) is 0.286. The fourth-order valence-corrected chi connectivity index (χ4v) is 3.00. The SMILES string of the molecule is CN=C(NCCc1c[nH]c2ccc(F)cc12)NCc1ccc(COC)cc1. The summed E-state index contributed by atoms with van der Waals surface area (Å²) in [6.07, 6.45) is 2.71. The van der Waals surface area contributed by atoms with Crippen LogP contribution in [-0.4, -0.2) is 31.6 Å². The van der Waals surface area contributed by atoms with Crippen molar-refractivity contribution in [3.63, 3.8) is 0 Å². The van der Waals surface area contributed by atoms with Gasteiger partial charge in [-0.25, -0.2) is 4.39 Å². The number of rotatable bonds is 7. The van der Waals surface area contributed by atoms with Crippen LogP contribution in [0.15, 0.2) is 53.7 Å². The zero-order valence-corrected chi connectivity index (χ0v) is 15.7. The van der Waals surface area contributed by atoms with Gasteiger partial charge >= 0.3 is 0 Å². The van der Waals surface area contributed by atoms with Crippen LogP contribution in [0.1, 0.15) is 16.7 Å². The van der Waals surface area contributed by atoms with E-state index in [1.165, 1.54) is 11.6 Å². The number of methoxy groups -OCH3 is 1. The van der Waals surface area contributed by atoms with Crippen molar-refractivity contribution in [2.24, 2.45) is 4.99 Å². The van der Waals surface area contributed by atoms with Crippen LogP contribution in [0, 0.1) is 5.82 Å². The number of fused-ring (bicyclic) bond motifs is 1. The van der Waals surface area contributed by atoms with E-state index >= 15 is 0 Å². The van der Waals surface area contributed by atoms with E-state index in [2.05, 4.69) is 44.9 Å². The lowest BCUT2D eigenvalue weighted by Crippen LogP contribution is -2.37. The molecule has 0 spiro atoms. The average Bonchev–Trinajstić information content (AvgIpc) is 3.08. The normalized spacial score (nSPS) is 11.7. The summed E-state index contributed by atoms with van der Waals surface area (Å²) in [5.41, 5.74) is 4.36. The van der Waals surface area contributed by atoms with Gasteiger partial charge < -0.3 is 20.4 Å². The third-order valence-corrected chi connectivity index (χ3v) is 4.43. The van der Waals surface area contributed by atoms with Gasteiger partial charge in [0.25, 0.3) is 0 Å². The molecule has 0 aliphatic carbocycles. The summed E-state index contributed by atoms with van der Waals surface area (Å²) in [6, 6.07) is 13.1. The first-order valence-corrected chi connectivity index (χ1v) is 8.96. The summed E-state index contributed by atoms with van der Waals surface area (Å²) in [4.78, 5) is 7.43. The zero-order chi connectivity index (χ0) is 19.1. The van der Waals surface area contributed by atoms with Crippen molar-refractivity contribution in [2.45, 2.75) is 19.6 Å². The number of nitrogens with one attached hydrogen (secondary N) is 3. The standard InChI is InChI=1S/C21H25FN4O/c1-23-21(26-12-15-3-5-16(6-4-15)14-27-2)24-10-9-17-13-25-20-8-7-18(22)11-19(17)20/h3-8,11,13,25H,9-10,12,14H2,1-2H3,(H2,23,24,26). The van der Waals surface area contributed by atoms with E-state index in [4.69, 9.17) is 4.74 Å². The predicted molar refractivity (Wildman–Crippen MR) is 107 cm³/mol. The monoisotopic (exact) mass is 368 g/mol. The highest BCUT2D eigenvalue weighted by Gasteiger charge is 2.05. The second kappa shape index (κ2) is 9.19. The number of hydrogen-bond donors (Lipinski definition) is 3. The highest BCUT2D eigenvalue weighted by atomic mass is 19.1. The molecule has 1 heterocycles. The largest absolute Gasteiger partial charge is 0.380 e. The van der Waals surface area contributed by atoms with Crippen LogP contribution in [0.25, 0.3) is 10.9 Å². The molecule has 5 nitrogen and oxygen atoms in total. The Bertz CT molecular complexity index is 902. The Morgan fingerprint density at radius 3 is 2.63 bits per heavy atom. The predicted octanol–water partition coefficient (Wildman–Crippen LogP) is 3.36. The number of ether oxygens (including phenoxy) is 1. The molecule has 0 aliphatic rings. The minimum absolute atomic E-state index is 0.217. The second-order valence-corrected chi connectivity index (χ2v) is 6.36. The zero-order valence-electron chi connectivity index (χ0n) is 15.7. The maximum absolute atomic E-state index is 13.5. The van der Waals surface area contributed by atoms with Gasteiger partial charge in [0.2, 0.25) is 0 Å². The van der Waals surface area contributed by atoms with E-state index in [0.717, 1.165) is 34.4 Å². The number of aromatic amines is 1. The van der Waals surface area contributed by atoms with E-state index in [0.29, 0.717) is 19.7 Å². The molecule has 2 aromatic carbocycles. The van der Waals surface area contributed by atoms with Crippen molar-refractivity contribution < 1.29 is 9.13 Å². The van der Waals surface area contributed by atoms with Crippen LogP contribution < -0.4 is 10.6 Å². The highest BCUT2D eigenvalue weighted by Crippen LogP contribution is 2.19. The number of aromatic nitrogens is 1. The van der Waals surface area contributed by atoms with Gasteiger partial charge in [-0.3, -0.25) is 4.99 Å². The third kappa shape index (κ3) is 5.08. The molecule has 6 heteroatoms. The van der Waals surface area contributed by atoms with Crippen LogP contribution >= 0.6 is 0 Å². The Labute approximate surface area is 158 Å². The molecule has 0 unspecified atom stereocenters. The van der Waals surface area contributed by atoms with Gasteiger partial charge in [-0.05, 0) is 41.3 Å². The topological polar surface area (TPSA) is 61.4 Å². The van der Waals surface area contributed by atoms with Gasteiger partial charge in [0.15, 0.2) is 5.96 Å². The van der Waals surface area contributed by atoms with Crippen molar-refractivity contribution in [1.29, 1.82) is 0 Å². The van der Waals surface area contributed by atoms with Crippen LogP contribution in [-0.2, 0) is 24.3 Å². The molecule has 0 fully saturated rings. The third-order valence-electron chi connectivity index (χ3n) is 4.43. The van der Waals surface area contributed by atoms with E-state index in [1.807, 2.05) is 6.20 Å². The van der Waals surface area contributed by atoms with Gasteiger partial charge in [0.05, 0.1) is 6.61 Å². The summed E-state index contributed by atoms with van der Waals surface area (Å²) in [5.74, 6) is 0.521. The van der Waals surface area contributed by atoms with Gasteiger partial charge in [-0.2, -0.15) is 0 Å². The molecule has 0 aliphatic heterocycles. The lowest BCUT2D eigenvalue weighted by atomic mass is 10.1. The number of benzene rings is 2. The van der Waals surface area contributed by atoms with Gasteiger partial charge in [0.1, 0.15) is 5.82 Å². The lowest BCUT2D eigenvalue weighted by molar-refractivity contribution is 0.185. The number of H-pyrrole nitrogens is 1. The molecule has 0 radical (unpaired) electrons. The summed E-state index contributed by atoms with van der Waals surface area (Å²) in [6.45, 7) is 2.01. The van der Waals surface area contributed by atoms with Crippen molar-refractivity contribution >= 4 is 16.9 Å². The number of aliphatic imine (C=N–C) groups is 1. The molecule has 0 bridgehead atoms. The van der Waals surface area contributed by atoms with Gasteiger partial charge in [-0.1, -0.05) is 24.3 Å². The summed E-state index contributed by atoms with van der Waals surface area (Å²) >= 11 is 0. The number of nitrogens with zero attached hydrogens (tertiary/aromatic N) is 1. The molecule has 27 heavy (non-hydrogen) atoms. The number of halogens is 1. The Balaban J connectivity index is 1.49. The Morgan fingerprint density at radius 2 is 1.89 bits per heavy atom. The molecule has 0 saturated heterocycles. The molecule has 3 rings (SSSR count). The number of guanidine groups is 1. The van der Waals surface area contributed by atoms with Crippen LogP contribution in [0.3, 0.4) is 0 Å². The smallest absolute Gasteiger partial charge is 0.191 e. The Morgan fingerprint density at radius 1 is 1.11 bits per heavy atom. The molecular formula is C21H25FN4O. The van der Waals surface area contributed by atoms with Crippen LogP contribution in [0.5, 0.6) is 0 Å². The first-order valence-electron chi connectivity index (χ1n) is 8.96. The maximum atomic E-state index is 13.5. The van der Waals surface area contributed by atoms with E-state index in [9.17, 15) is 4.39 Å². The van der Waals surface area contributed by atoms with Crippen molar-refractivity contribution in [1.82, 2.24) is 15.6 Å². The minimum Gasteiger partial charge on any atom is -0.380 e. The first-order chi connectivity index (χ1) is 13.2. The molecule has 3 N–H and O–H groups in total. The lowest BCUT2D eigenvalue weighted by Gasteiger charge is -2.12. The van der Waals surface area contributed by atoms with Crippen molar-refractivity contribution in [3.8, 4) is 0 Å². The minimum atomic E-state index is -0.217. The van der Waals surface area contributed by atoms with Gasteiger partial charge in [-0.15, -0.1) is 0 Å². The molecule has 0 saturated carbocycles. The van der Waals surface area contributed by atoms with Crippen LogP contribution in [0.2, 0.25) is 0 Å². The van der Waals surface area contributed by atoms with Crippen molar-refractivity contribution in [3.05, 3.63) is 71.2 Å². The molecule has 142 valence electrons. The first kappa shape index (κ1) is 18.9.